The zero-order valence-corrected chi connectivity index (χ0v) is 27.1. The molecule has 0 aromatic heterocycles. The van der Waals surface area contributed by atoms with Crippen molar-refractivity contribution >= 4 is 33.3 Å². The van der Waals surface area contributed by atoms with Gasteiger partial charge in [-0.25, -0.2) is 13.2 Å². The quantitative estimate of drug-likeness (QED) is 0.295. The van der Waals surface area contributed by atoms with E-state index in [-0.39, 0.29) is 54.2 Å². The van der Waals surface area contributed by atoms with Gasteiger partial charge in [-0.05, 0) is 73.7 Å². The minimum Gasteiger partial charge on any atom is -0.497 e. The Balaban J connectivity index is 1.58. The molecule has 0 saturated carbocycles. The molecule has 1 aliphatic heterocycles. The Morgan fingerprint density at radius 1 is 1.09 bits per heavy atom. The molecule has 0 radical (unpaired) electrons. The van der Waals surface area contributed by atoms with Crippen LogP contribution in [0.5, 0.6) is 11.5 Å². The highest BCUT2D eigenvalue weighted by Crippen LogP contribution is 2.31. The number of carbonyl (C=O) groups is 2. The van der Waals surface area contributed by atoms with E-state index < -0.39 is 39.9 Å². The van der Waals surface area contributed by atoms with E-state index in [0.717, 1.165) is 24.3 Å². The Hall–Kier alpha value is -4.34. The number of aliphatic hydroxyl groups excluding tert-OH is 1. The number of aliphatic hydroxyl groups is 1. The second-order valence-electron chi connectivity index (χ2n) is 11.3. The summed E-state index contributed by atoms with van der Waals surface area (Å²) in [6.07, 6.45) is -5.38. The van der Waals surface area contributed by atoms with Crippen molar-refractivity contribution in [2.75, 3.05) is 44.5 Å². The van der Waals surface area contributed by atoms with Crippen LogP contribution in [0, 0.1) is 5.92 Å². The average molecular weight is 679 g/mol. The summed E-state index contributed by atoms with van der Waals surface area (Å²) in [4.78, 5) is 27.7. The molecular formula is C32H37F3N4O7S. The maximum absolute atomic E-state index is 13.5. The van der Waals surface area contributed by atoms with Crippen molar-refractivity contribution in [3.63, 3.8) is 0 Å². The Morgan fingerprint density at radius 2 is 1.70 bits per heavy atom. The van der Waals surface area contributed by atoms with Gasteiger partial charge in [-0.3, -0.25) is 4.79 Å². The van der Waals surface area contributed by atoms with E-state index in [4.69, 9.17) is 9.47 Å². The molecule has 0 spiro atoms. The number of nitrogens with one attached hydrogen (secondary N) is 2. The van der Waals surface area contributed by atoms with E-state index >= 15 is 0 Å². The van der Waals surface area contributed by atoms with Gasteiger partial charge >= 0.3 is 12.2 Å². The van der Waals surface area contributed by atoms with Gasteiger partial charge in [0.25, 0.3) is 0 Å². The first-order valence-corrected chi connectivity index (χ1v) is 16.1. The zero-order chi connectivity index (χ0) is 34.5. The van der Waals surface area contributed by atoms with E-state index in [1.54, 1.807) is 25.1 Å². The van der Waals surface area contributed by atoms with Crippen molar-refractivity contribution in [2.24, 2.45) is 5.92 Å². The van der Waals surface area contributed by atoms with Crippen LogP contribution in [0.25, 0.3) is 0 Å². The Kier molecular flexibility index (Phi) is 11.0. The summed E-state index contributed by atoms with van der Waals surface area (Å²) >= 11 is 0. The molecule has 0 aliphatic carbocycles. The number of carbonyl (C=O) groups excluding carboxylic acids is 2. The first-order chi connectivity index (χ1) is 22.1. The molecule has 0 unspecified atom stereocenters. The molecule has 3 aromatic carbocycles. The Labute approximate surface area is 271 Å². The number of methoxy groups -OCH3 is 1. The number of amides is 3. The minimum atomic E-state index is -4.51. The lowest BCUT2D eigenvalue weighted by molar-refractivity contribution is -0.137. The number of anilines is 2. The number of hydrogen-bond acceptors (Lipinski definition) is 7. The predicted molar refractivity (Wildman–Crippen MR) is 169 cm³/mol. The summed E-state index contributed by atoms with van der Waals surface area (Å²) in [5, 5.41) is 15.0. The smallest absolute Gasteiger partial charge is 0.416 e. The van der Waals surface area contributed by atoms with Crippen LogP contribution in [0.3, 0.4) is 0 Å². The lowest BCUT2D eigenvalue weighted by atomic mass is 10.0. The van der Waals surface area contributed by atoms with Gasteiger partial charge in [0, 0.05) is 36.4 Å². The number of ether oxygens (including phenoxy) is 2. The molecular weight excluding hydrogens is 641 g/mol. The number of nitrogens with zero attached hydrogens (tertiary/aromatic N) is 2. The summed E-state index contributed by atoms with van der Waals surface area (Å²) in [7, 11) is -1.01. The van der Waals surface area contributed by atoms with Crippen molar-refractivity contribution in [3.05, 3.63) is 77.9 Å². The zero-order valence-electron chi connectivity index (χ0n) is 26.2. The highest BCUT2D eigenvalue weighted by molar-refractivity contribution is 7.89. The van der Waals surface area contributed by atoms with Crippen LogP contribution in [0.1, 0.15) is 25.0 Å². The SMILES string of the molecule is COc1ccc(S(=O)(=O)N(C)C[C@H]2Oc3ccc(NC(=O)Nc4ccc(C(F)(F)F)cc4)cc3CC(=O)N([C@H](C)CO)C[C@@H]2C)cc1. The van der Waals surface area contributed by atoms with E-state index in [1.165, 1.54) is 47.6 Å². The molecule has 1 aliphatic rings. The number of halogens is 3. The maximum Gasteiger partial charge on any atom is 0.416 e. The molecule has 3 atom stereocenters. The van der Waals surface area contributed by atoms with E-state index in [0.29, 0.717) is 17.1 Å². The summed E-state index contributed by atoms with van der Waals surface area (Å²) in [6, 6.07) is 13.3. The molecule has 1 heterocycles. The van der Waals surface area contributed by atoms with Crippen molar-refractivity contribution in [2.45, 2.75) is 43.5 Å². The lowest BCUT2D eigenvalue weighted by Gasteiger charge is -2.33. The van der Waals surface area contributed by atoms with Crippen LogP contribution in [0.4, 0.5) is 29.3 Å². The van der Waals surface area contributed by atoms with Gasteiger partial charge in [0.05, 0.1) is 43.2 Å². The number of rotatable bonds is 9. The van der Waals surface area contributed by atoms with Crippen LogP contribution in [-0.4, -0.2) is 80.7 Å². The molecule has 47 heavy (non-hydrogen) atoms. The number of likely N-dealkylation sites (N-methyl/N-ethyl adjacent to an activating group) is 1. The third kappa shape index (κ3) is 8.73. The average Bonchev–Trinajstić information content (AvgIpc) is 3.07. The predicted octanol–water partition coefficient (Wildman–Crippen LogP) is 4.83. The first kappa shape index (κ1) is 35.5. The molecule has 15 heteroatoms. The number of alkyl halides is 3. The molecule has 0 saturated heterocycles. The highest BCUT2D eigenvalue weighted by Gasteiger charge is 2.34. The summed E-state index contributed by atoms with van der Waals surface area (Å²) in [5.41, 5.74) is -0.0463. The second kappa shape index (κ2) is 14.6. The van der Waals surface area contributed by atoms with Crippen LogP contribution in [-0.2, 0) is 27.4 Å². The molecule has 3 N–H and O–H groups in total. The standard InChI is InChI=1S/C32H37F3N4O7S/c1-20-17-39(21(2)19-40)30(41)16-22-15-25(37-31(42)36-24-7-5-23(6-8-24)32(33,34)35)9-14-28(22)46-29(20)18-38(3)47(43,44)27-12-10-26(45-4)11-13-27/h5-15,20-21,29,40H,16-19H2,1-4H3,(H2,36,37,42)/t20-,21+,29+/m0/s1. The van der Waals surface area contributed by atoms with E-state index in [2.05, 4.69) is 10.6 Å². The molecule has 3 amide bonds. The van der Waals surface area contributed by atoms with Gasteiger partial charge in [-0.1, -0.05) is 6.92 Å². The van der Waals surface area contributed by atoms with Crippen LogP contribution < -0.4 is 20.1 Å². The van der Waals surface area contributed by atoms with Gasteiger partial charge in [-0.2, -0.15) is 17.5 Å². The third-order valence-corrected chi connectivity index (χ3v) is 9.69. The van der Waals surface area contributed by atoms with Crippen molar-refractivity contribution in [1.82, 2.24) is 9.21 Å². The summed E-state index contributed by atoms with van der Waals surface area (Å²) in [5.74, 6) is 0.122. The number of fused-ring (bicyclic) bond motifs is 1. The fourth-order valence-electron chi connectivity index (χ4n) is 5.04. The fourth-order valence-corrected chi connectivity index (χ4v) is 6.22. The topological polar surface area (TPSA) is 138 Å². The summed E-state index contributed by atoms with van der Waals surface area (Å²) in [6.45, 7) is 3.34. The molecule has 254 valence electrons. The van der Waals surface area contributed by atoms with Crippen molar-refractivity contribution in [1.29, 1.82) is 0 Å². The van der Waals surface area contributed by atoms with E-state index in [1.807, 2.05) is 6.92 Å². The number of sulfonamides is 1. The monoisotopic (exact) mass is 678 g/mol. The molecule has 0 fully saturated rings. The lowest BCUT2D eigenvalue weighted by Crippen LogP contribution is -2.48. The fraction of sp³-hybridized carbons (Fsp3) is 0.375. The Morgan fingerprint density at radius 3 is 2.30 bits per heavy atom. The normalized spacial score (nSPS) is 17.9. The van der Waals surface area contributed by atoms with Gasteiger partial charge in [0.2, 0.25) is 15.9 Å². The van der Waals surface area contributed by atoms with E-state index in [9.17, 15) is 36.3 Å². The largest absolute Gasteiger partial charge is 0.497 e. The molecule has 0 bridgehead atoms. The van der Waals surface area contributed by atoms with Crippen molar-refractivity contribution in [3.8, 4) is 11.5 Å². The van der Waals surface area contributed by atoms with Crippen LogP contribution in [0.2, 0.25) is 0 Å². The second-order valence-corrected chi connectivity index (χ2v) is 13.4. The first-order valence-electron chi connectivity index (χ1n) is 14.7. The van der Waals surface area contributed by atoms with Crippen molar-refractivity contribution < 1.29 is 45.8 Å². The number of benzene rings is 3. The molecule has 11 nitrogen and oxygen atoms in total. The van der Waals surface area contributed by atoms with Crippen LogP contribution >= 0.6 is 0 Å². The highest BCUT2D eigenvalue weighted by atomic mass is 32.2. The maximum atomic E-state index is 13.5. The summed E-state index contributed by atoms with van der Waals surface area (Å²) < 4.78 is 78.2. The van der Waals surface area contributed by atoms with Crippen LogP contribution in [0.15, 0.2) is 71.6 Å². The minimum absolute atomic E-state index is 0.0629. The number of urea groups is 1. The van der Waals surface area contributed by atoms with Gasteiger partial charge in [-0.15, -0.1) is 0 Å². The van der Waals surface area contributed by atoms with Gasteiger partial charge < -0.3 is 30.1 Å². The molecule has 4 rings (SSSR count). The van der Waals surface area contributed by atoms with Gasteiger partial charge in [0.1, 0.15) is 17.6 Å². The number of hydrogen-bond donors (Lipinski definition) is 3. The third-order valence-electron chi connectivity index (χ3n) is 7.85. The molecule has 3 aromatic rings. The van der Waals surface area contributed by atoms with Gasteiger partial charge in [0.15, 0.2) is 0 Å². The Bertz CT molecular complexity index is 1670.